The molecule has 21 heavy (non-hydrogen) atoms. The van der Waals surface area contributed by atoms with Crippen molar-refractivity contribution in [2.75, 3.05) is 26.8 Å². The first-order chi connectivity index (χ1) is 9.99. The molecule has 0 saturated carbocycles. The van der Waals surface area contributed by atoms with Crippen LogP contribution in [0.25, 0.3) is 0 Å². The minimum atomic E-state index is -0.350. The maximum absolute atomic E-state index is 12.5. The number of phenolic OH excluding ortho intramolecular Hbond substituents is 1. The summed E-state index contributed by atoms with van der Waals surface area (Å²) >= 11 is 3.26. The number of hydrogen-bond donors (Lipinski definition) is 3. The van der Waals surface area contributed by atoms with Gasteiger partial charge in [0, 0.05) is 31.1 Å². The number of aromatic hydroxyl groups is 1. The van der Waals surface area contributed by atoms with E-state index in [2.05, 4.69) is 21.1 Å². The number of halogens is 1. The van der Waals surface area contributed by atoms with Gasteiger partial charge in [0.1, 0.15) is 11.6 Å². The van der Waals surface area contributed by atoms with Crippen molar-refractivity contribution in [1.29, 1.82) is 0 Å². The first-order valence-electron chi connectivity index (χ1n) is 6.22. The normalized spacial score (nSPS) is 11.4. The van der Waals surface area contributed by atoms with Crippen LogP contribution in [-0.4, -0.2) is 53.8 Å². The fourth-order valence-corrected chi connectivity index (χ4v) is 2.03. The lowest BCUT2D eigenvalue weighted by Gasteiger charge is -2.22. The fraction of sp³-hybridized carbons (Fsp3) is 0.385. The number of amidine groups is 1. The molecule has 8 heteroatoms. The van der Waals surface area contributed by atoms with Crippen LogP contribution in [0, 0.1) is 0 Å². The Labute approximate surface area is 131 Å². The molecule has 0 unspecified atom stereocenters. The van der Waals surface area contributed by atoms with Gasteiger partial charge < -0.3 is 25.7 Å². The summed E-state index contributed by atoms with van der Waals surface area (Å²) < 4.78 is 5.66. The third-order valence-corrected chi connectivity index (χ3v) is 3.30. The van der Waals surface area contributed by atoms with Crippen LogP contribution in [0.15, 0.2) is 27.8 Å². The maximum Gasteiger partial charge on any atom is 0.257 e. The predicted molar refractivity (Wildman–Crippen MR) is 81.6 cm³/mol. The van der Waals surface area contributed by atoms with Crippen LogP contribution < -0.4 is 5.73 Å². The number of benzene rings is 1. The summed E-state index contributed by atoms with van der Waals surface area (Å²) in [4.78, 5) is 13.9. The second-order valence-electron chi connectivity index (χ2n) is 4.29. The monoisotopic (exact) mass is 359 g/mol. The van der Waals surface area contributed by atoms with Crippen molar-refractivity contribution in [1.82, 2.24) is 4.90 Å². The Kier molecular flexibility index (Phi) is 6.97. The number of nitrogens with two attached hydrogens (primary N) is 1. The average Bonchev–Trinajstić information content (AvgIpc) is 2.48. The number of carbonyl (C=O) groups is 1. The lowest BCUT2D eigenvalue weighted by atomic mass is 10.1. The lowest BCUT2D eigenvalue weighted by Crippen LogP contribution is -2.36. The topological polar surface area (TPSA) is 108 Å². The van der Waals surface area contributed by atoms with E-state index in [0.29, 0.717) is 17.6 Å². The van der Waals surface area contributed by atoms with E-state index >= 15 is 0 Å². The number of phenols is 1. The Bertz CT molecular complexity index is 522. The third kappa shape index (κ3) is 5.24. The molecule has 7 nitrogen and oxygen atoms in total. The van der Waals surface area contributed by atoms with Crippen molar-refractivity contribution in [3.63, 3.8) is 0 Å². The number of rotatable bonds is 7. The van der Waals surface area contributed by atoms with Gasteiger partial charge in [-0.1, -0.05) is 21.1 Å². The molecule has 0 saturated heterocycles. The molecule has 1 aromatic rings. The minimum absolute atomic E-state index is 0.0312. The zero-order valence-corrected chi connectivity index (χ0v) is 13.2. The van der Waals surface area contributed by atoms with Crippen LogP contribution in [0.5, 0.6) is 5.75 Å². The van der Waals surface area contributed by atoms with Gasteiger partial charge in [-0.25, -0.2) is 0 Å². The molecular weight excluding hydrogens is 342 g/mol. The highest BCUT2D eigenvalue weighted by molar-refractivity contribution is 9.10. The summed E-state index contributed by atoms with van der Waals surface area (Å²) in [7, 11) is 1.53. The van der Waals surface area contributed by atoms with Crippen LogP contribution in [0.3, 0.4) is 0 Å². The Balaban J connectivity index is 2.90. The van der Waals surface area contributed by atoms with Gasteiger partial charge in [-0.3, -0.25) is 4.79 Å². The number of amides is 1. The van der Waals surface area contributed by atoms with E-state index in [0.717, 1.165) is 0 Å². The molecule has 0 radical (unpaired) electrons. The number of carbonyl (C=O) groups excluding carboxylic acids is 1. The molecule has 116 valence electrons. The van der Waals surface area contributed by atoms with E-state index in [1.165, 1.54) is 18.1 Å². The smallest absolute Gasteiger partial charge is 0.257 e. The van der Waals surface area contributed by atoms with E-state index in [9.17, 15) is 9.90 Å². The van der Waals surface area contributed by atoms with Gasteiger partial charge >= 0.3 is 0 Å². The highest BCUT2D eigenvalue weighted by Crippen LogP contribution is 2.23. The van der Waals surface area contributed by atoms with Crippen molar-refractivity contribution in [2.45, 2.75) is 6.42 Å². The summed E-state index contributed by atoms with van der Waals surface area (Å²) in [6.45, 7) is 0.931. The highest BCUT2D eigenvalue weighted by atomic mass is 79.9. The fourth-order valence-electron chi connectivity index (χ4n) is 1.67. The molecular formula is C13H18BrN3O4. The second kappa shape index (κ2) is 8.48. The van der Waals surface area contributed by atoms with Crippen molar-refractivity contribution in [3.05, 3.63) is 28.2 Å². The molecule has 0 heterocycles. The van der Waals surface area contributed by atoms with Crippen molar-refractivity contribution in [2.24, 2.45) is 10.9 Å². The van der Waals surface area contributed by atoms with Gasteiger partial charge in [0.25, 0.3) is 5.91 Å². The van der Waals surface area contributed by atoms with Crippen LogP contribution in [0.1, 0.15) is 16.8 Å². The van der Waals surface area contributed by atoms with Crippen LogP contribution in [-0.2, 0) is 4.74 Å². The standard InChI is InChI=1S/C13H18BrN3O4/c1-21-7-6-17(5-4-12(15)16-20)13(19)10-8-9(14)2-3-11(10)18/h2-3,8,18,20H,4-7H2,1H3,(H2,15,16). The second-order valence-corrected chi connectivity index (χ2v) is 5.20. The number of nitrogens with zero attached hydrogens (tertiary/aromatic N) is 2. The minimum Gasteiger partial charge on any atom is -0.507 e. The Morgan fingerprint density at radius 3 is 2.81 bits per heavy atom. The predicted octanol–water partition coefficient (Wildman–Crippen LogP) is 1.38. The third-order valence-electron chi connectivity index (χ3n) is 2.81. The Hall–Kier alpha value is -1.80. The molecule has 1 aromatic carbocycles. The van der Waals surface area contributed by atoms with E-state index in [1.807, 2.05) is 0 Å². The van der Waals surface area contributed by atoms with Gasteiger partial charge in [0.2, 0.25) is 0 Å². The zero-order chi connectivity index (χ0) is 15.8. The van der Waals surface area contributed by atoms with Gasteiger partial charge in [0.05, 0.1) is 12.2 Å². The summed E-state index contributed by atoms with van der Waals surface area (Å²) in [5.41, 5.74) is 5.60. The number of oxime groups is 1. The SMILES string of the molecule is COCCN(CC/C(N)=N/O)C(=O)c1cc(Br)ccc1O. The molecule has 1 amide bonds. The first kappa shape index (κ1) is 17.3. The summed E-state index contributed by atoms with van der Waals surface area (Å²) in [6.07, 6.45) is 0.223. The quantitative estimate of drug-likeness (QED) is 0.295. The Morgan fingerprint density at radius 2 is 2.19 bits per heavy atom. The van der Waals surface area contributed by atoms with Crippen LogP contribution in [0.2, 0.25) is 0 Å². The summed E-state index contributed by atoms with van der Waals surface area (Å²) in [5.74, 6) is -0.422. The van der Waals surface area contributed by atoms with Gasteiger partial charge in [-0.2, -0.15) is 0 Å². The van der Waals surface area contributed by atoms with Crippen LogP contribution in [0.4, 0.5) is 0 Å². The molecule has 0 atom stereocenters. The van der Waals surface area contributed by atoms with Gasteiger partial charge in [0.15, 0.2) is 0 Å². The summed E-state index contributed by atoms with van der Waals surface area (Å²) in [6, 6.07) is 4.62. The molecule has 0 aliphatic heterocycles. The van der Waals surface area contributed by atoms with E-state index in [4.69, 9.17) is 15.7 Å². The molecule has 0 bridgehead atoms. The molecule has 0 fully saturated rings. The number of methoxy groups -OCH3 is 1. The summed E-state index contributed by atoms with van der Waals surface area (Å²) in [5, 5.41) is 21.2. The van der Waals surface area contributed by atoms with Crippen molar-refractivity contribution >= 4 is 27.7 Å². The molecule has 0 aliphatic carbocycles. The number of ether oxygens (including phenoxy) is 1. The van der Waals surface area contributed by atoms with Crippen molar-refractivity contribution in [3.8, 4) is 5.75 Å². The Morgan fingerprint density at radius 1 is 1.48 bits per heavy atom. The average molecular weight is 360 g/mol. The lowest BCUT2D eigenvalue weighted by molar-refractivity contribution is 0.0697. The number of hydrogen-bond acceptors (Lipinski definition) is 5. The highest BCUT2D eigenvalue weighted by Gasteiger charge is 2.19. The molecule has 0 aliphatic rings. The zero-order valence-electron chi connectivity index (χ0n) is 11.6. The molecule has 4 N–H and O–H groups in total. The molecule has 0 aromatic heterocycles. The van der Waals surface area contributed by atoms with Crippen LogP contribution >= 0.6 is 15.9 Å². The van der Waals surface area contributed by atoms with E-state index in [-0.39, 0.29) is 36.0 Å². The van der Waals surface area contributed by atoms with E-state index in [1.54, 1.807) is 12.1 Å². The van der Waals surface area contributed by atoms with E-state index < -0.39 is 0 Å². The molecule has 1 rings (SSSR count). The van der Waals surface area contributed by atoms with Crippen molar-refractivity contribution < 1.29 is 19.8 Å². The van der Waals surface area contributed by atoms with Gasteiger partial charge in [-0.15, -0.1) is 0 Å². The van der Waals surface area contributed by atoms with Gasteiger partial charge in [-0.05, 0) is 18.2 Å². The first-order valence-corrected chi connectivity index (χ1v) is 7.02. The molecule has 0 spiro atoms. The largest absolute Gasteiger partial charge is 0.507 e. The maximum atomic E-state index is 12.5.